The summed E-state index contributed by atoms with van der Waals surface area (Å²) in [6.07, 6.45) is 2.22. The van der Waals surface area contributed by atoms with Crippen LogP contribution in [-0.2, 0) is 0 Å². The van der Waals surface area contributed by atoms with Gasteiger partial charge in [0.15, 0.2) is 11.6 Å². The monoisotopic (exact) mass is 287 g/mol. The zero-order valence-corrected chi connectivity index (χ0v) is 10.6. The third-order valence-electron chi connectivity index (χ3n) is 2.83. The molecule has 0 bridgehead atoms. The number of benzene rings is 1. The number of ether oxygens (including phenoxy) is 1. The normalized spacial score (nSPS) is 17.4. The Morgan fingerprint density at radius 1 is 1.38 bits per heavy atom. The fourth-order valence-corrected chi connectivity index (χ4v) is 2.18. The third-order valence-corrected chi connectivity index (χ3v) is 3.32. The van der Waals surface area contributed by atoms with Crippen molar-refractivity contribution >= 4 is 15.9 Å². The van der Waals surface area contributed by atoms with Gasteiger partial charge in [0.25, 0.3) is 0 Å². The van der Waals surface area contributed by atoms with Gasteiger partial charge in [-0.25, -0.2) is 4.39 Å². The molecule has 4 heteroatoms. The van der Waals surface area contributed by atoms with Gasteiger partial charge >= 0.3 is 0 Å². The Kier molecular flexibility index (Phi) is 4.18. The Morgan fingerprint density at radius 3 is 2.81 bits per heavy atom. The third kappa shape index (κ3) is 3.19. The van der Waals surface area contributed by atoms with Crippen LogP contribution in [0.15, 0.2) is 22.7 Å². The molecule has 0 saturated carbocycles. The highest BCUT2D eigenvalue weighted by molar-refractivity contribution is 9.10. The topological polar surface area (TPSA) is 21.3 Å². The summed E-state index contributed by atoms with van der Waals surface area (Å²) in [5.74, 6) is 0.592. The smallest absolute Gasteiger partial charge is 0.166 e. The van der Waals surface area contributed by atoms with Crippen LogP contribution in [0.5, 0.6) is 5.75 Å². The molecule has 16 heavy (non-hydrogen) atoms. The zero-order chi connectivity index (χ0) is 11.4. The lowest BCUT2D eigenvalue weighted by Gasteiger charge is -2.22. The Morgan fingerprint density at radius 2 is 2.12 bits per heavy atom. The standard InChI is InChI=1S/C12H15BrFNO/c13-10-1-2-12(11(14)7-10)16-8-9-3-5-15-6-4-9/h1-2,7,9,15H,3-6,8H2. The van der Waals surface area contributed by atoms with Gasteiger partial charge in [-0.2, -0.15) is 0 Å². The highest BCUT2D eigenvalue weighted by Gasteiger charge is 2.14. The second-order valence-electron chi connectivity index (χ2n) is 4.08. The minimum Gasteiger partial charge on any atom is -0.490 e. The summed E-state index contributed by atoms with van der Waals surface area (Å²) in [6, 6.07) is 4.89. The highest BCUT2D eigenvalue weighted by atomic mass is 79.9. The molecule has 1 aliphatic rings. The summed E-state index contributed by atoms with van der Waals surface area (Å²) in [6.45, 7) is 2.69. The maximum atomic E-state index is 13.4. The molecule has 1 N–H and O–H groups in total. The van der Waals surface area contributed by atoms with Crippen molar-refractivity contribution in [2.45, 2.75) is 12.8 Å². The molecule has 1 aliphatic heterocycles. The van der Waals surface area contributed by atoms with Crippen LogP contribution in [0.4, 0.5) is 4.39 Å². The van der Waals surface area contributed by atoms with Crippen LogP contribution >= 0.6 is 15.9 Å². The molecule has 0 unspecified atom stereocenters. The first kappa shape index (κ1) is 11.9. The summed E-state index contributed by atoms with van der Waals surface area (Å²) in [5, 5.41) is 3.30. The van der Waals surface area contributed by atoms with Crippen LogP contribution in [0.3, 0.4) is 0 Å². The van der Waals surface area contributed by atoms with E-state index >= 15 is 0 Å². The molecule has 1 heterocycles. The molecular weight excluding hydrogens is 273 g/mol. The highest BCUT2D eigenvalue weighted by Crippen LogP contribution is 2.23. The molecule has 0 spiro atoms. The van der Waals surface area contributed by atoms with Gasteiger partial charge in [-0.05, 0) is 50.0 Å². The predicted octanol–water partition coefficient (Wildman–Crippen LogP) is 2.97. The summed E-state index contributed by atoms with van der Waals surface area (Å²) >= 11 is 3.22. The van der Waals surface area contributed by atoms with Crippen LogP contribution in [0.2, 0.25) is 0 Å². The number of rotatable bonds is 3. The van der Waals surface area contributed by atoms with Crippen LogP contribution in [-0.4, -0.2) is 19.7 Å². The SMILES string of the molecule is Fc1cc(Br)ccc1OCC1CCNCC1. The summed E-state index contributed by atoms with van der Waals surface area (Å²) in [7, 11) is 0. The van der Waals surface area contributed by atoms with Crippen LogP contribution < -0.4 is 10.1 Å². The van der Waals surface area contributed by atoms with E-state index in [2.05, 4.69) is 21.2 Å². The van der Waals surface area contributed by atoms with Gasteiger partial charge in [-0.15, -0.1) is 0 Å². The van der Waals surface area contributed by atoms with Crippen molar-refractivity contribution in [3.8, 4) is 5.75 Å². The molecule has 2 rings (SSSR count). The number of piperidine rings is 1. The molecule has 1 saturated heterocycles. The number of hydrogen-bond acceptors (Lipinski definition) is 2. The predicted molar refractivity (Wildman–Crippen MR) is 65.2 cm³/mol. The Balaban J connectivity index is 1.88. The molecule has 88 valence electrons. The van der Waals surface area contributed by atoms with Crippen LogP contribution in [0.25, 0.3) is 0 Å². The first-order chi connectivity index (χ1) is 7.75. The maximum Gasteiger partial charge on any atom is 0.166 e. The van der Waals surface area contributed by atoms with E-state index in [4.69, 9.17) is 4.74 Å². The lowest BCUT2D eigenvalue weighted by molar-refractivity contribution is 0.208. The summed E-state index contributed by atoms with van der Waals surface area (Å²) in [4.78, 5) is 0. The fraction of sp³-hybridized carbons (Fsp3) is 0.500. The molecular formula is C12H15BrFNO. The van der Waals surface area contributed by atoms with Crippen molar-refractivity contribution in [3.63, 3.8) is 0 Å². The second kappa shape index (κ2) is 5.64. The molecule has 2 nitrogen and oxygen atoms in total. The van der Waals surface area contributed by atoms with Crippen LogP contribution in [0, 0.1) is 11.7 Å². The van der Waals surface area contributed by atoms with E-state index in [0.717, 1.165) is 30.4 Å². The first-order valence-electron chi connectivity index (χ1n) is 5.54. The minimum atomic E-state index is -0.302. The van der Waals surface area contributed by atoms with Crippen molar-refractivity contribution in [2.24, 2.45) is 5.92 Å². The molecule has 0 aliphatic carbocycles. The average Bonchev–Trinajstić information content (AvgIpc) is 2.29. The number of nitrogens with one attached hydrogen (secondary N) is 1. The molecule has 0 amide bonds. The maximum absolute atomic E-state index is 13.4. The van der Waals surface area contributed by atoms with Gasteiger partial charge in [-0.1, -0.05) is 15.9 Å². The molecule has 0 aromatic heterocycles. The summed E-state index contributed by atoms with van der Waals surface area (Å²) in [5.41, 5.74) is 0. The molecule has 0 radical (unpaired) electrons. The van der Waals surface area contributed by atoms with E-state index in [9.17, 15) is 4.39 Å². The first-order valence-corrected chi connectivity index (χ1v) is 6.33. The lowest BCUT2D eigenvalue weighted by atomic mass is 9.99. The molecule has 1 aromatic carbocycles. The zero-order valence-electron chi connectivity index (χ0n) is 9.01. The minimum absolute atomic E-state index is 0.302. The Hall–Kier alpha value is -0.610. The van der Waals surface area contributed by atoms with Gasteiger partial charge in [0.05, 0.1) is 6.61 Å². The molecule has 0 atom stereocenters. The van der Waals surface area contributed by atoms with Gasteiger partial charge < -0.3 is 10.1 Å². The van der Waals surface area contributed by atoms with E-state index in [1.165, 1.54) is 6.07 Å². The number of hydrogen-bond donors (Lipinski definition) is 1. The van der Waals surface area contributed by atoms with Crippen molar-refractivity contribution < 1.29 is 9.13 Å². The average molecular weight is 288 g/mol. The van der Waals surface area contributed by atoms with Gasteiger partial charge in [0, 0.05) is 4.47 Å². The number of halogens is 2. The van der Waals surface area contributed by atoms with E-state index in [-0.39, 0.29) is 5.82 Å². The quantitative estimate of drug-likeness (QED) is 0.923. The molecule has 1 fully saturated rings. The lowest BCUT2D eigenvalue weighted by Crippen LogP contribution is -2.30. The van der Waals surface area contributed by atoms with E-state index in [1.807, 2.05) is 0 Å². The summed E-state index contributed by atoms with van der Waals surface area (Å²) < 4.78 is 19.7. The van der Waals surface area contributed by atoms with Gasteiger partial charge in [0.2, 0.25) is 0 Å². The second-order valence-corrected chi connectivity index (χ2v) is 4.99. The van der Waals surface area contributed by atoms with Crippen molar-refractivity contribution in [1.82, 2.24) is 5.32 Å². The Labute approximate surface area is 103 Å². The van der Waals surface area contributed by atoms with E-state index in [1.54, 1.807) is 12.1 Å². The van der Waals surface area contributed by atoms with Crippen molar-refractivity contribution in [3.05, 3.63) is 28.5 Å². The largest absolute Gasteiger partial charge is 0.490 e. The molecule has 1 aromatic rings. The van der Waals surface area contributed by atoms with Crippen molar-refractivity contribution in [1.29, 1.82) is 0 Å². The van der Waals surface area contributed by atoms with E-state index in [0.29, 0.717) is 18.3 Å². The van der Waals surface area contributed by atoms with Crippen LogP contribution in [0.1, 0.15) is 12.8 Å². The fourth-order valence-electron chi connectivity index (χ4n) is 1.85. The van der Waals surface area contributed by atoms with Crippen molar-refractivity contribution in [2.75, 3.05) is 19.7 Å². The van der Waals surface area contributed by atoms with Gasteiger partial charge in [0.1, 0.15) is 0 Å². The van der Waals surface area contributed by atoms with Gasteiger partial charge in [-0.3, -0.25) is 0 Å². The Bertz CT molecular complexity index is 353. The van der Waals surface area contributed by atoms with E-state index < -0.39 is 0 Å².